The van der Waals surface area contributed by atoms with Crippen molar-refractivity contribution in [3.8, 4) is 0 Å². The molecule has 0 nitrogen and oxygen atoms in total. The van der Waals surface area contributed by atoms with Gasteiger partial charge in [0.15, 0.2) is 0 Å². The van der Waals surface area contributed by atoms with Crippen LogP contribution in [-0.2, 0) is 5.41 Å². The first-order chi connectivity index (χ1) is 6.80. The Bertz CT molecular complexity index is 394. The van der Waals surface area contributed by atoms with Gasteiger partial charge in [-0.2, -0.15) is 0 Å². The average molecular weight is 249 g/mol. The molecule has 1 aromatic carbocycles. The number of halogens is 1. The summed E-state index contributed by atoms with van der Waals surface area (Å²) in [5, 5.41) is 0. The average Bonchev–Trinajstić information content (AvgIpc) is 2.79. The quantitative estimate of drug-likeness (QED) is 0.658. The summed E-state index contributed by atoms with van der Waals surface area (Å²) >= 11 is 3.67. The first kappa shape index (κ1) is 8.72. The summed E-state index contributed by atoms with van der Waals surface area (Å²) < 4.78 is 1.27. The van der Waals surface area contributed by atoms with Crippen molar-refractivity contribution in [1.82, 2.24) is 0 Å². The molecule has 2 aliphatic rings. The van der Waals surface area contributed by atoms with Crippen molar-refractivity contribution in [2.45, 2.75) is 24.7 Å². The summed E-state index contributed by atoms with van der Waals surface area (Å²) in [7, 11) is 0. The van der Waals surface area contributed by atoms with Crippen LogP contribution in [0.3, 0.4) is 0 Å². The molecule has 1 saturated carbocycles. The lowest BCUT2D eigenvalue weighted by atomic mass is 9.80. The first-order valence-electron chi connectivity index (χ1n) is 5.25. The molecule has 1 heteroatoms. The van der Waals surface area contributed by atoms with Gasteiger partial charge >= 0.3 is 0 Å². The molecule has 0 heterocycles. The lowest BCUT2D eigenvalue weighted by molar-refractivity contribution is 0.564. The number of hydrogen-bond donors (Lipinski definition) is 0. The minimum atomic E-state index is 0.366. The van der Waals surface area contributed by atoms with E-state index >= 15 is 0 Å². The second-order valence-corrected chi connectivity index (χ2v) is 5.35. The van der Waals surface area contributed by atoms with E-state index in [4.69, 9.17) is 0 Å². The Morgan fingerprint density at radius 1 is 1.29 bits per heavy atom. The smallest absolute Gasteiger partial charge is 0.0216 e. The summed E-state index contributed by atoms with van der Waals surface area (Å²) in [6, 6.07) is 8.66. The van der Waals surface area contributed by atoms with Gasteiger partial charge in [-0.25, -0.2) is 0 Å². The van der Waals surface area contributed by atoms with Crippen LogP contribution in [0.5, 0.6) is 0 Å². The topological polar surface area (TPSA) is 0 Å². The predicted octanol–water partition coefficient (Wildman–Crippen LogP) is 4.06. The maximum atomic E-state index is 3.67. The Balaban J connectivity index is 2.11. The van der Waals surface area contributed by atoms with Gasteiger partial charge in [-0.05, 0) is 36.8 Å². The molecule has 0 amide bonds. The van der Waals surface area contributed by atoms with Crippen LogP contribution in [0, 0.1) is 5.92 Å². The summed E-state index contributed by atoms with van der Waals surface area (Å²) in [6.45, 7) is 0. The largest absolute Gasteiger partial charge is 0.0845 e. The second-order valence-electron chi connectivity index (χ2n) is 4.50. The standard InChI is InChI=1S/C13H13Br/c14-12-4-2-1-3-11(12)13-7-5-10(9-13)6-8-13/h1-5,7,10H,6,8-9H2. The van der Waals surface area contributed by atoms with Gasteiger partial charge in [0.2, 0.25) is 0 Å². The Kier molecular flexibility index (Phi) is 1.85. The van der Waals surface area contributed by atoms with Crippen LogP contribution in [0.2, 0.25) is 0 Å². The molecule has 2 atom stereocenters. The normalized spacial score (nSPS) is 33.9. The molecule has 0 radical (unpaired) electrons. The molecule has 0 aromatic heterocycles. The molecule has 0 saturated heterocycles. The summed E-state index contributed by atoms with van der Waals surface area (Å²) in [4.78, 5) is 0. The number of hydrogen-bond acceptors (Lipinski definition) is 0. The van der Waals surface area contributed by atoms with Crippen LogP contribution < -0.4 is 0 Å². The zero-order valence-corrected chi connectivity index (χ0v) is 9.63. The number of allylic oxidation sites excluding steroid dienone is 2. The van der Waals surface area contributed by atoms with E-state index in [1.165, 1.54) is 29.3 Å². The molecule has 0 spiro atoms. The van der Waals surface area contributed by atoms with E-state index in [0.717, 1.165) is 5.92 Å². The SMILES string of the molecule is Brc1ccccc1C12C=CC(CC1)C2. The Morgan fingerprint density at radius 2 is 2.14 bits per heavy atom. The number of benzene rings is 1. The minimum absolute atomic E-state index is 0.366. The summed E-state index contributed by atoms with van der Waals surface area (Å²) in [5.41, 5.74) is 1.85. The fourth-order valence-corrected chi connectivity index (χ4v) is 3.63. The lowest BCUT2D eigenvalue weighted by Gasteiger charge is -2.25. The molecule has 1 fully saturated rings. The van der Waals surface area contributed by atoms with Crippen LogP contribution in [0.1, 0.15) is 24.8 Å². The van der Waals surface area contributed by atoms with Crippen molar-refractivity contribution < 1.29 is 0 Å². The van der Waals surface area contributed by atoms with E-state index in [2.05, 4.69) is 52.3 Å². The van der Waals surface area contributed by atoms with Crippen LogP contribution in [0.15, 0.2) is 40.9 Å². The van der Waals surface area contributed by atoms with E-state index in [-0.39, 0.29) is 0 Å². The third-order valence-corrected chi connectivity index (χ3v) is 4.38. The Morgan fingerprint density at radius 3 is 2.71 bits per heavy atom. The molecule has 2 aliphatic carbocycles. The highest BCUT2D eigenvalue weighted by molar-refractivity contribution is 9.10. The predicted molar refractivity (Wildman–Crippen MR) is 62.3 cm³/mol. The lowest BCUT2D eigenvalue weighted by Crippen LogP contribution is -2.17. The van der Waals surface area contributed by atoms with Crippen LogP contribution in [-0.4, -0.2) is 0 Å². The first-order valence-corrected chi connectivity index (χ1v) is 6.04. The maximum absolute atomic E-state index is 3.67. The summed E-state index contributed by atoms with van der Waals surface area (Å²) in [5.74, 6) is 0.849. The molecule has 3 rings (SSSR count). The maximum Gasteiger partial charge on any atom is 0.0216 e. The zero-order chi connectivity index (χ0) is 9.60. The molecular formula is C13H13Br. The Labute approximate surface area is 93.2 Å². The fraction of sp³-hybridized carbons (Fsp3) is 0.385. The van der Waals surface area contributed by atoms with Gasteiger partial charge in [-0.3, -0.25) is 0 Å². The van der Waals surface area contributed by atoms with Gasteiger partial charge in [0.25, 0.3) is 0 Å². The van der Waals surface area contributed by atoms with Crippen molar-refractivity contribution in [3.63, 3.8) is 0 Å². The highest BCUT2D eigenvalue weighted by Gasteiger charge is 2.42. The highest BCUT2D eigenvalue weighted by Crippen LogP contribution is 2.52. The molecular weight excluding hydrogens is 236 g/mol. The van der Waals surface area contributed by atoms with Crippen LogP contribution in [0.4, 0.5) is 0 Å². The van der Waals surface area contributed by atoms with E-state index in [1.54, 1.807) is 0 Å². The van der Waals surface area contributed by atoms with Crippen LogP contribution in [0.25, 0.3) is 0 Å². The number of fused-ring (bicyclic) bond motifs is 2. The molecule has 72 valence electrons. The molecule has 1 aromatic rings. The zero-order valence-electron chi connectivity index (χ0n) is 8.04. The van der Waals surface area contributed by atoms with E-state index in [0.29, 0.717) is 5.41 Å². The second kappa shape index (κ2) is 2.96. The van der Waals surface area contributed by atoms with Crippen molar-refractivity contribution in [2.24, 2.45) is 5.92 Å². The van der Waals surface area contributed by atoms with Gasteiger partial charge in [-0.1, -0.05) is 46.3 Å². The van der Waals surface area contributed by atoms with Crippen molar-refractivity contribution in [1.29, 1.82) is 0 Å². The van der Waals surface area contributed by atoms with Crippen molar-refractivity contribution in [2.75, 3.05) is 0 Å². The fourth-order valence-electron chi connectivity index (χ4n) is 2.95. The Hall–Kier alpha value is -0.560. The highest BCUT2D eigenvalue weighted by atomic mass is 79.9. The van der Waals surface area contributed by atoms with Gasteiger partial charge in [0.05, 0.1) is 0 Å². The van der Waals surface area contributed by atoms with Crippen molar-refractivity contribution >= 4 is 15.9 Å². The van der Waals surface area contributed by atoms with E-state index in [1.807, 2.05) is 0 Å². The van der Waals surface area contributed by atoms with Gasteiger partial charge < -0.3 is 0 Å². The van der Waals surface area contributed by atoms with E-state index < -0.39 is 0 Å². The molecule has 0 aliphatic heterocycles. The van der Waals surface area contributed by atoms with Gasteiger partial charge in [-0.15, -0.1) is 0 Å². The summed E-state index contributed by atoms with van der Waals surface area (Å²) in [6.07, 6.45) is 8.87. The minimum Gasteiger partial charge on any atom is -0.0845 e. The molecule has 2 bridgehead atoms. The van der Waals surface area contributed by atoms with Gasteiger partial charge in [0.1, 0.15) is 0 Å². The number of rotatable bonds is 1. The molecule has 2 unspecified atom stereocenters. The van der Waals surface area contributed by atoms with Crippen LogP contribution >= 0.6 is 15.9 Å². The third-order valence-electron chi connectivity index (χ3n) is 3.69. The van der Waals surface area contributed by atoms with Crippen molar-refractivity contribution in [3.05, 3.63) is 46.5 Å². The molecule has 0 N–H and O–H groups in total. The molecule has 14 heavy (non-hydrogen) atoms. The third kappa shape index (κ3) is 1.12. The monoisotopic (exact) mass is 248 g/mol. The van der Waals surface area contributed by atoms with E-state index in [9.17, 15) is 0 Å². The van der Waals surface area contributed by atoms with Gasteiger partial charge in [0, 0.05) is 9.89 Å².